The zero-order valence-corrected chi connectivity index (χ0v) is 15.3. The van der Waals surface area contributed by atoms with Gasteiger partial charge in [-0.3, -0.25) is 14.9 Å². The number of amides is 2. The topological polar surface area (TPSA) is 106 Å². The minimum Gasteiger partial charge on any atom is -0.492 e. The molecule has 27 heavy (non-hydrogen) atoms. The zero-order valence-electron chi connectivity index (χ0n) is 14.5. The number of ether oxygens (including phenoxy) is 1. The van der Waals surface area contributed by atoms with Gasteiger partial charge in [-0.25, -0.2) is 15.0 Å². The molecule has 0 fully saturated rings. The summed E-state index contributed by atoms with van der Waals surface area (Å²) in [5.41, 5.74) is 1.16. The number of anilines is 2. The first-order chi connectivity index (χ1) is 13.2. The second-order valence-corrected chi connectivity index (χ2v) is 6.18. The number of carbonyl (C=O) groups is 2. The van der Waals surface area contributed by atoms with E-state index in [0.29, 0.717) is 28.9 Å². The van der Waals surface area contributed by atoms with Gasteiger partial charge in [0.15, 0.2) is 5.13 Å². The fourth-order valence-electron chi connectivity index (χ4n) is 2.23. The molecular weight excluding hydrogens is 366 g/mol. The molecule has 8 nitrogen and oxygen atoms in total. The first-order valence-corrected chi connectivity index (χ1v) is 9.08. The van der Waals surface area contributed by atoms with Crippen molar-refractivity contribution in [2.45, 2.75) is 13.3 Å². The van der Waals surface area contributed by atoms with Crippen molar-refractivity contribution in [3.8, 4) is 5.75 Å². The molecule has 3 rings (SSSR count). The van der Waals surface area contributed by atoms with Gasteiger partial charge in [0.1, 0.15) is 5.75 Å². The van der Waals surface area contributed by atoms with Crippen LogP contribution in [0.4, 0.5) is 10.8 Å². The second kappa shape index (κ2) is 8.86. The van der Waals surface area contributed by atoms with Crippen LogP contribution in [-0.4, -0.2) is 33.4 Å². The molecular formula is C18H17N5O3S. The minimum atomic E-state index is -0.452. The third-order valence-corrected chi connectivity index (χ3v) is 4.15. The molecule has 138 valence electrons. The van der Waals surface area contributed by atoms with Crippen molar-refractivity contribution in [3.05, 3.63) is 59.6 Å². The van der Waals surface area contributed by atoms with E-state index in [1.165, 1.54) is 23.7 Å². The molecule has 0 atom stereocenters. The monoisotopic (exact) mass is 383 g/mol. The Kier molecular flexibility index (Phi) is 6.06. The van der Waals surface area contributed by atoms with Crippen LogP contribution < -0.4 is 15.4 Å². The average molecular weight is 383 g/mol. The van der Waals surface area contributed by atoms with E-state index >= 15 is 0 Å². The molecule has 2 amide bonds. The van der Waals surface area contributed by atoms with Gasteiger partial charge in [-0.05, 0) is 25.1 Å². The van der Waals surface area contributed by atoms with Crippen LogP contribution in [0.25, 0.3) is 0 Å². The highest BCUT2D eigenvalue weighted by molar-refractivity contribution is 7.14. The molecule has 0 saturated carbocycles. The van der Waals surface area contributed by atoms with Crippen molar-refractivity contribution in [1.29, 1.82) is 0 Å². The number of benzene rings is 1. The van der Waals surface area contributed by atoms with Crippen LogP contribution in [0, 0.1) is 0 Å². The first kappa shape index (κ1) is 18.5. The highest BCUT2D eigenvalue weighted by Crippen LogP contribution is 2.24. The number of hydrogen-bond acceptors (Lipinski definition) is 7. The summed E-state index contributed by atoms with van der Waals surface area (Å²) >= 11 is 1.23. The number of thiazole rings is 1. The van der Waals surface area contributed by atoms with Crippen molar-refractivity contribution < 1.29 is 14.3 Å². The third kappa shape index (κ3) is 5.08. The standard InChI is InChI=1S/C18H17N5O3S/c1-2-26-14-7-4-3-6-13(14)22-15(24)10-12-11-27-18(21-12)23-17(25)16-19-8-5-9-20-16/h3-9,11H,2,10H2,1H3,(H,22,24)(H,21,23,25). The molecule has 2 heterocycles. The van der Waals surface area contributed by atoms with Gasteiger partial charge < -0.3 is 10.1 Å². The maximum Gasteiger partial charge on any atom is 0.295 e. The summed E-state index contributed by atoms with van der Waals surface area (Å²) in [6.45, 7) is 2.39. The third-order valence-electron chi connectivity index (χ3n) is 3.34. The summed E-state index contributed by atoms with van der Waals surface area (Å²) in [4.78, 5) is 36.3. The average Bonchev–Trinajstić information content (AvgIpc) is 3.11. The van der Waals surface area contributed by atoms with E-state index in [1.807, 2.05) is 19.1 Å². The van der Waals surface area contributed by atoms with Crippen LogP contribution in [0.2, 0.25) is 0 Å². The van der Waals surface area contributed by atoms with Crippen LogP contribution in [0.1, 0.15) is 23.2 Å². The number of hydrogen-bond donors (Lipinski definition) is 2. The molecule has 0 unspecified atom stereocenters. The Morgan fingerprint density at radius 2 is 1.89 bits per heavy atom. The Morgan fingerprint density at radius 1 is 1.11 bits per heavy atom. The van der Waals surface area contributed by atoms with Crippen LogP contribution in [0.3, 0.4) is 0 Å². The van der Waals surface area contributed by atoms with Crippen molar-refractivity contribution in [2.24, 2.45) is 0 Å². The van der Waals surface area contributed by atoms with Gasteiger partial charge in [0, 0.05) is 17.8 Å². The van der Waals surface area contributed by atoms with Gasteiger partial charge in [0.25, 0.3) is 5.91 Å². The van der Waals surface area contributed by atoms with Crippen molar-refractivity contribution in [1.82, 2.24) is 15.0 Å². The Hall–Kier alpha value is -3.33. The van der Waals surface area contributed by atoms with E-state index in [0.717, 1.165) is 0 Å². The van der Waals surface area contributed by atoms with E-state index < -0.39 is 5.91 Å². The minimum absolute atomic E-state index is 0.0551. The molecule has 9 heteroatoms. The first-order valence-electron chi connectivity index (χ1n) is 8.20. The van der Waals surface area contributed by atoms with Crippen LogP contribution in [0.15, 0.2) is 48.1 Å². The summed E-state index contributed by atoms with van der Waals surface area (Å²) in [6.07, 6.45) is 3.05. The lowest BCUT2D eigenvalue weighted by Gasteiger charge is -2.10. The van der Waals surface area contributed by atoms with Gasteiger partial charge in [-0.2, -0.15) is 0 Å². The Bertz CT molecular complexity index is 930. The van der Waals surface area contributed by atoms with Crippen molar-refractivity contribution >= 4 is 34.0 Å². The lowest BCUT2D eigenvalue weighted by Crippen LogP contribution is -2.16. The fraction of sp³-hybridized carbons (Fsp3) is 0.167. The largest absolute Gasteiger partial charge is 0.492 e. The normalized spacial score (nSPS) is 10.3. The predicted molar refractivity (Wildman–Crippen MR) is 102 cm³/mol. The summed E-state index contributed by atoms with van der Waals surface area (Å²) in [7, 11) is 0. The van der Waals surface area contributed by atoms with Crippen molar-refractivity contribution in [3.63, 3.8) is 0 Å². The molecule has 3 aromatic rings. The summed E-state index contributed by atoms with van der Waals surface area (Å²) in [6, 6.07) is 8.85. The molecule has 0 spiro atoms. The lowest BCUT2D eigenvalue weighted by molar-refractivity contribution is -0.115. The highest BCUT2D eigenvalue weighted by Gasteiger charge is 2.13. The Balaban J connectivity index is 1.59. The number of nitrogens with one attached hydrogen (secondary N) is 2. The molecule has 0 bridgehead atoms. The van der Waals surface area contributed by atoms with E-state index in [9.17, 15) is 9.59 Å². The molecule has 0 saturated heterocycles. The quantitative estimate of drug-likeness (QED) is 0.650. The molecule has 0 aliphatic carbocycles. The smallest absolute Gasteiger partial charge is 0.295 e. The van der Waals surface area contributed by atoms with E-state index in [2.05, 4.69) is 25.6 Å². The Labute approximate surface area is 159 Å². The fourth-order valence-corrected chi connectivity index (χ4v) is 2.93. The van der Waals surface area contributed by atoms with Gasteiger partial charge in [0.2, 0.25) is 11.7 Å². The number of aromatic nitrogens is 3. The molecule has 2 N–H and O–H groups in total. The summed E-state index contributed by atoms with van der Waals surface area (Å²) in [5, 5.41) is 7.53. The summed E-state index contributed by atoms with van der Waals surface area (Å²) < 4.78 is 5.49. The van der Waals surface area contributed by atoms with Crippen LogP contribution in [-0.2, 0) is 11.2 Å². The Morgan fingerprint density at radius 3 is 2.67 bits per heavy atom. The van der Waals surface area contributed by atoms with Gasteiger partial charge >= 0.3 is 0 Å². The number of carbonyl (C=O) groups excluding carboxylic acids is 2. The summed E-state index contributed by atoms with van der Waals surface area (Å²) in [5.74, 6) is -0.00900. The molecule has 2 aromatic heterocycles. The molecule has 0 radical (unpaired) electrons. The highest BCUT2D eigenvalue weighted by atomic mass is 32.1. The van der Waals surface area contributed by atoms with E-state index in [4.69, 9.17) is 4.74 Å². The lowest BCUT2D eigenvalue weighted by atomic mass is 10.2. The zero-order chi connectivity index (χ0) is 19.1. The van der Waals surface area contributed by atoms with E-state index in [1.54, 1.807) is 23.6 Å². The molecule has 0 aliphatic rings. The molecule has 0 aliphatic heterocycles. The van der Waals surface area contributed by atoms with Gasteiger partial charge in [0.05, 0.1) is 24.4 Å². The SMILES string of the molecule is CCOc1ccccc1NC(=O)Cc1csc(NC(=O)c2ncccn2)n1. The maximum atomic E-state index is 12.3. The van der Waals surface area contributed by atoms with E-state index in [-0.39, 0.29) is 18.2 Å². The predicted octanol–water partition coefficient (Wildman–Crippen LogP) is 2.77. The van der Waals surface area contributed by atoms with Crippen LogP contribution in [0.5, 0.6) is 5.75 Å². The maximum absolute atomic E-state index is 12.3. The van der Waals surface area contributed by atoms with Gasteiger partial charge in [-0.1, -0.05) is 12.1 Å². The number of nitrogens with zero attached hydrogens (tertiary/aromatic N) is 3. The van der Waals surface area contributed by atoms with Gasteiger partial charge in [-0.15, -0.1) is 11.3 Å². The number of para-hydroxylation sites is 2. The van der Waals surface area contributed by atoms with Crippen molar-refractivity contribution in [2.75, 3.05) is 17.2 Å². The second-order valence-electron chi connectivity index (χ2n) is 5.32. The van der Waals surface area contributed by atoms with Crippen LogP contribution >= 0.6 is 11.3 Å². The number of rotatable bonds is 7. The molecule has 1 aromatic carbocycles.